The molecule has 1 heterocycles. The van der Waals surface area contributed by atoms with Crippen LogP contribution in [-0.4, -0.2) is 23.2 Å². The Morgan fingerprint density at radius 2 is 1.95 bits per heavy atom. The lowest BCUT2D eigenvalue weighted by atomic mass is 10.2. The van der Waals surface area contributed by atoms with Gasteiger partial charge in [0, 0.05) is 24.6 Å². The van der Waals surface area contributed by atoms with Gasteiger partial charge in [-0.1, -0.05) is 36.4 Å². The van der Waals surface area contributed by atoms with Crippen molar-refractivity contribution in [2.24, 2.45) is 0 Å². The third kappa shape index (κ3) is 5.28. The van der Waals surface area contributed by atoms with Crippen molar-refractivity contribution in [2.45, 2.75) is 5.03 Å². The molecule has 0 saturated carbocycles. The van der Waals surface area contributed by atoms with Crippen molar-refractivity contribution in [1.82, 2.24) is 10.3 Å². The summed E-state index contributed by atoms with van der Waals surface area (Å²) in [6.45, 7) is 0.624. The number of carbonyl (C=O) groups is 1. The number of pyridine rings is 1. The number of hydrogen-bond acceptors (Lipinski definition) is 3. The highest BCUT2D eigenvalue weighted by molar-refractivity contribution is 7.99. The van der Waals surface area contributed by atoms with Crippen molar-refractivity contribution in [3.63, 3.8) is 0 Å². The molecule has 102 valence electrons. The molecule has 0 saturated heterocycles. The maximum atomic E-state index is 11.6. The predicted octanol–water partition coefficient (Wildman–Crippen LogP) is 3.00. The molecule has 4 heteroatoms. The number of benzene rings is 1. The minimum Gasteiger partial charge on any atom is -0.352 e. The lowest BCUT2D eigenvalue weighted by Gasteiger charge is -2.01. The van der Waals surface area contributed by atoms with Crippen LogP contribution < -0.4 is 5.32 Å². The van der Waals surface area contributed by atoms with Gasteiger partial charge in [-0.25, -0.2) is 4.98 Å². The van der Waals surface area contributed by atoms with E-state index in [2.05, 4.69) is 10.3 Å². The first-order valence-electron chi connectivity index (χ1n) is 6.39. The molecule has 0 atom stereocenters. The zero-order valence-electron chi connectivity index (χ0n) is 11.0. The summed E-state index contributed by atoms with van der Waals surface area (Å²) >= 11 is 1.63. The van der Waals surface area contributed by atoms with E-state index in [0.29, 0.717) is 6.54 Å². The lowest BCUT2D eigenvalue weighted by molar-refractivity contribution is -0.116. The maximum absolute atomic E-state index is 11.6. The van der Waals surface area contributed by atoms with Gasteiger partial charge in [0.2, 0.25) is 5.91 Å². The number of amides is 1. The second-order valence-corrected chi connectivity index (χ2v) is 5.17. The minimum atomic E-state index is -0.0736. The molecule has 0 aliphatic carbocycles. The monoisotopic (exact) mass is 284 g/mol. The zero-order valence-corrected chi connectivity index (χ0v) is 11.8. The molecular weight excluding hydrogens is 268 g/mol. The molecule has 0 aliphatic rings. The fourth-order valence-electron chi connectivity index (χ4n) is 1.56. The van der Waals surface area contributed by atoms with Gasteiger partial charge in [-0.05, 0) is 23.8 Å². The molecule has 0 spiro atoms. The molecule has 0 radical (unpaired) electrons. The van der Waals surface area contributed by atoms with E-state index in [1.54, 1.807) is 30.1 Å². The quantitative estimate of drug-likeness (QED) is 0.504. The fourth-order valence-corrected chi connectivity index (χ4v) is 2.28. The van der Waals surface area contributed by atoms with E-state index < -0.39 is 0 Å². The zero-order chi connectivity index (χ0) is 14.0. The Bertz CT molecular complexity index is 555. The fraction of sp³-hybridized carbons (Fsp3) is 0.125. The molecule has 3 nitrogen and oxygen atoms in total. The van der Waals surface area contributed by atoms with E-state index in [4.69, 9.17) is 0 Å². The summed E-state index contributed by atoms with van der Waals surface area (Å²) in [7, 11) is 0. The van der Waals surface area contributed by atoms with Crippen LogP contribution in [0.25, 0.3) is 6.08 Å². The summed E-state index contributed by atoms with van der Waals surface area (Å²) < 4.78 is 0. The topological polar surface area (TPSA) is 42.0 Å². The average molecular weight is 284 g/mol. The number of thioether (sulfide) groups is 1. The van der Waals surface area contributed by atoms with Crippen molar-refractivity contribution >= 4 is 23.7 Å². The molecule has 0 aliphatic heterocycles. The van der Waals surface area contributed by atoms with Crippen LogP contribution in [-0.2, 0) is 4.79 Å². The highest BCUT2D eigenvalue weighted by atomic mass is 32.2. The number of nitrogens with zero attached hydrogens (tertiary/aromatic N) is 1. The first-order valence-corrected chi connectivity index (χ1v) is 7.38. The largest absolute Gasteiger partial charge is 0.352 e. The summed E-state index contributed by atoms with van der Waals surface area (Å²) in [5.41, 5.74) is 1.02. The van der Waals surface area contributed by atoms with Crippen LogP contribution in [0, 0.1) is 0 Å². The maximum Gasteiger partial charge on any atom is 0.244 e. The Labute approximate surface area is 123 Å². The molecule has 1 N–H and O–H groups in total. The van der Waals surface area contributed by atoms with Crippen molar-refractivity contribution < 1.29 is 4.79 Å². The van der Waals surface area contributed by atoms with Gasteiger partial charge in [-0.2, -0.15) is 0 Å². The molecule has 20 heavy (non-hydrogen) atoms. The Balaban J connectivity index is 1.67. The second-order valence-electron chi connectivity index (χ2n) is 4.05. The van der Waals surface area contributed by atoms with Gasteiger partial charge in [0.15, 0.2) is 0 Å². The van der Waals surface area contributed by atoms with Gasteiger partial charge < -0.3 is 5.32 Å². The normalized spacial score (nSPS) is 10.6. The average Bonchev–Trinajstić information content (AvgIpc) is 2.52. The third-order valence-corrected chi connectivity index (χ3v) is 3.46. The molecule has 1 aromatic heterocycles. The van der Waals surface area contributed by atoms with Crippen LogP contribution in [0.4, 0.5) is 0 Å². The van der Waals surface area contributed by atoms with Gasteiger partial charge in [0.05, 0.1) is 5.03 Å². The second kappa shape index (κ2) is 8.17. The summed E-state index contributed by atoms with van der Waals surface area (Å²) in [5.74, 6) is 0.734. The number of carbonyl (C=O) groups excluding carboxylic acids is 1. The Morgan fingerprint density at radius 3 is 2.70 bits per heavy atom. The first kappa shape index (κ1) is 14.3. The number of rotatable bonds is 6. The molecule has 0 unspecified atom stereocenters. The van der Waals surface area contributed by atoms with E-state index in [1.165, 1.54) is 0 Å². The van der Waals surface area contributed by atoms with Gasteiger partial charge in [0.1, 0.15) is 0 Å². The standard InChI is InChI=1S/C16H16N2OS/c19-15(10-9-14-6-2-1-3-7-14)17-12-13-20-16-8-4-5-11-18-16/h1-11H,12-13H2,(H,17,19). The van der Waals surface area contributed by atoms with Gasteiger partial charge in [0.25, 0.3) is 0 Å². The molecule has 2 rings (SSSR count). The number of hydrogen-bond donors (Lipinski definition) is 1. The van der Waals surface area contributed by atoms with Crippen LogP contribution in [0.3, 0.4) is 0 Å². The Hall–Kier alpha value is -2.07. The van der Waals surface area contributed by atoms with E-state index in [9.17, 15) is 4.79 Å². The Kier molecular flexibility index (Phi) is 5.86. The molecule has 0 fully saturated rings. The summed E-state index contributed by atoms with van der Waals surface area (Å²) in [6.07, 6.45) is 5.13. The first-order chi connectivity index (χ1) is 9.84. The highest BCUT2D eigenvalue weighted by Crippen LogP contribution is 2.12. The van der Waals surface area contributed by atoms with Crippen LogP contribution in [0.15, 0.2) is 65.8 Å². The van der Waals surface area contributed by atoms with Crippen molar-refractivity contribution in [3.05, 3.63) is 66.4 Å². The van der Waals surface area contributed by atoms with Crippen LogP contribution in [0.5, 0.6) is 0 Å². The molecule has 1 aromatic carbocycles. The Morgan fingerprint density at radius 1 is 1.15 bits per heavy atom. The van der Waals surface area contributed by atoms with Crippen LogP contribution in [0.2, 0.25) is 0 Å². The molecule has 2 aromatic rings. The van der Waals surface area contributed by atoms with E-state index in [-0.39, 0.29) is 5.91 Å². The SMILES string of the molecule is O=C(C=Cc1ccccc1)NCCSc1ccccn1. The summed E-state index contributed by atoms with van der Waals surface area (Å²) in [5, 5.41) is 3.82. The summed E-state index contributed by atoms with van der Waals surface area (Å²) in [6, 6.07) is 15.6. The smallest absolute Gasteiger partial charge is 0.244 e. The lowest BCUT2D eigenvalue weighted by Crippen LogP contribution is -2.23. The van der Waals surface area contributed by atoms with E-state index >= 15 is 0 Å². The van der Waals surface area contributed by atoms with Gasteiger partial charge in [-0.15, -0.1) is 11.8 Å². The molecule has 0 bridgehead atoms. The van der Waals surface area contributed by atoms with Crippen LogP contribution in [0.1, 0.15) is 5.56 Å². The van der Waals surface area contributed by atoms with Gasteiger partial charge >= 0.3 is 0 Å². The molecular formula is C16H16N2OS. The van der Waals surface area contributed by atoms with E-state index in [0.717, 1.165) is 16.3 Å². The van der Waals surface area contributed by atoms with Crippen molar-refractivity contribution in [1.29, 1.82) is 0 Å². The van der Waals surface area contributed by atoms with Crippen molar-refractivity contribution in [3.8, 4) is 0 Å². The summed E-state index contributed by atoms with van der Waals surface area (Å²) in [4.78, 5) is 15.8. The van der Waals surface area contributed by atoms with Crippen molar-refractivity contribution in [2.75, 3.05) is 12.3 Å². The number of nitrogens with one attached hydrogen (secondary N) is 1. The minimum absolute atomic E-state index is 0.0736. The predicted molar refractivity (Wildman–Crippen MR) is 83.4 cm³/mol. The highest BCUT2D eigenvalue weighted by Gasteiger charge is 1.97. The van der Waals surface area contributed by atoms with Gasteiger partial charge in [-0.3, -0.25) is 4.79 Å². The third-order valence-electron chi connectivity index (χ3n) is 2.52. The van der Waals surface area contributed by atoms with E-state index in [1.807, 2.05) is 48.5 Å². The number of aromatic nitrogens is 1. The van der Waals surface area contributed by atoms with Crippen LogP contribution >= 0.6 is 11.8 Å². The molecule has 1 amide bonds.